The smallest absolute Gasteiger partial charge is 0.369 e. The first-order valence-corrected chi connectivity index (χ1v) is 45.0. The van der Waals surface area contributed by atoms with Crippen LogP contribution in [0.2, 0.25) is 50.2 Å². The number of hydrogen-bond acceptors (Lipinski definition) is 15. The summed E-state index contributed by atoms with van der Waals surface area (Å²) in [5, 5.41) is 40.3. The number of rotatable bonds is 20. The summed E-state index contributed by atoms with van der Waals surface area (Å²) in [5.41, 5.74) is 13.6. The first kappa shape index (κ1) is 101. The summed E-state index contributed by atoms with van der Waals surface area (Å²) in [6.07, 6.45) is 2.65. The molecule has 0 spiro atoms. The van der Waals surface area contributed by atoms with Crippen molar-refractivity contribution in [1.29, 1.82) is 15.8 Å². The zero-order valence-corrected chi connectivity index (χ0v) is 78.0. The second kappa shape index (κ2) is 48.5. The van der Waals surface area contributed by atoms with Gasteiger partial charge in [0.25, 0.3) is 10.1 Å². The quantitative estimate of drug-likeness (QED) is 0.0313. The van der Waals surface area contributed by atoms with Gasteiger partial charge in [-0.05, 0) is 134 Å². The number of nitrogens with zero attached hydrogens (tertiary/aromatic N) is 3. The van der Waals surface area contributed by atoms with Crippen LogP contribution >= 0.6 is 163 Å². The zero-order valence-electron chi connectivity index (χ0n) is 64.9. The maximum absolute atomic E-state index is 14.3. The van der Waals surface area contributed by atoms with Crippen molar-refractivity contribution in [2.24, 2.45) is 5.73 Å². The van der Waals surface area contributed by atoms with Crippen LogP contribution in [-0.2, 0) is 55.9 Å². The van der Waals surface area contributed by atoms with Gasteiger partial charge in [0.2, 0.25) is 0 Å². The topological polar surface area (TPSA) is 229 Å². The fraction of sp³-hybridized carbons (Fsp3) is 0.267. The molecule has 4 heterocycles. The number of nitriles is 3. The lowest BCUT2D eigenvalue weighted by Crippen LogP contribution is -2.24. The number of methoxy groups -OCH3 is 3. The fourth-order valence-corrected chi connectivity index (χ4v) is 16.8. The minimum Gasteiger partial charge on any atom is -0.496 e. The second-order valence-electron chi connectivity index (χ2n) is 27.0. The first-order chi connectivity index (χ1) is 58.0. The molecule has 10 aromatic carbocycles. The highest BCUT2D eigenvalue weighted by atomic mass is 79.9. The van der Waals surface area contributed by atoms with Crippen molar-refractivity contribution in [3.8, 4) is 103 Å². The van der Waals surface area contributed by atoms with E-state index in [0.717, 1.165) is 42.4 Å². The zero-order chi connectivity index (χ0) is 89.4. The van der Waals surface area contributed by atoms with Crippen LogP contribution in [0, 0.1) is 63.1 Å². The molecule has 0 aromatic heterocycles. The van der Waals surface area contributed by atoms with Crippen LogP contribution in [0.15, 0.2) is 152 Å². The molecule has 3 N–H and O–H groups in total. The Hall–Kier alpha value is -6.46. The minimum absolute atomic E-state index is 0.0463. The Morgan fingerprint density at radius 3 is 1.15 bits per heavy atom. The molecule has 640 valence electrons. The molecule has 14 rings (SSSR count). The summed E-state index contributed by atoms with van der Waals surface area (Å²) in [7, 11) is 5.90. The van der Waals surface area contributed by atoms with Gasteiger partial charge in [0.05, 0.1) is 140 Å². The van der Waals surface area contributed by atoms with E-state index >= 15 is 0 Å². The SMILES string of the molecule is BrB(Br)Br.COc1c(C[C@@H](CC#N)OS(C)(=O)=O)cc(F)cc1-c1c(Cl)cccc1Cl.COc1c(C[C@H](O)CC#N)cc(F)cc1-c1c(Cl)cccc1Cl.COc1c(C[C@H]2CO2)cc(F)cc1-c1c(Cl)cccc1Cl.N#CC[C@H]1Cc2cc(F)cc(-c3c(Cl)cccc3Cl)c2O1.NC[C@H]1Cc2cc(F)cc(-c3c(Cl)cccc3Cl)c2O1.[B]C1CCCO1. The average molecular weight is 2080 g/mol. The number of ether oxygens (including phenoxy) is 7. The molecule has 122 heavy (non-hydrogen) atoms. The molecule has 15 nitrogen and oxygen atoms in total. The number of aliphatic hydroxyl groups excluding tert-OH is 1. The van der Waals surface area contributed by atoms with Crippen molar-refractivity contribution in [2.45, 2.75) is 101 Å². The fourth-order valence-electron chi connectivity index (χ4n) is 13.2. The van der Waals surface area contributed by atoms with Crippen molar-refractivity contribution in [3.63, 3.8) is 0 Å². The third-order valence-electron chi connectivity index (χ3n) is 18.1. The Bertz CT molecular complexity index is 5510. The maximum atomic E-state index is 14.3. The molecule has 0 amide bonds. The molecular formula is C86H72B2Br3Cl10F5N4O11S. The van der Waals surface area contributed by atoms with Gasteiger partial charge >= 0.3 is 3.18 Å². The molecule has 0 saturated carbocycles. The predicted octanol–water partition coefficient (Wildman–Crippen LogP) is 25.5. The van der Waals surface area contributed by atoms with E-state index < -0.39 is 34.0 Å². The van der Waals surface area contributed by atoms with E-state index in [1.165, 1.54) is 74.9 Å². The molecule has 36 heteroatoms. The van der Waals surface area contributed by atoms with Gasteiger partial charge < -0.3 is 44.0 Å². The Morgan fingerprint density at radius 2 is 0.836 bits per heavy atom. The lowest BCUT2D eigenvalue weighted by Gasteiger charge is -2.19. The van der Waals surface area contributed by atoms with Crippen LogP contribution in [0.4, 0.5) is 22.0 Å². The summed E-state index contributed by atoms with van der Waals surface area (Å²) in [6.45, 7) is 1.94. The molecule has 6 atom stereocenters. The van der Waals surface area contributed by atoms with Crippen molar-refractivity contribution >= 4 is 184 Å². The predicted molar refractivity (Wildman–Crippen MR) is 489 cm³/mol. The van der Waals surface area contributed by atoms with Gasteiger partial charge in [-0.15, -0.1) is 47.3 Å². The van der Waals surface area contributed by atoms with Gasteiger partial charge in [-0.3, -0.25) is 4.18 Å². The molecule has 1 unspecified atom stereocenters. The minimum atomic E-state index is -3.80. The third kappa shape index (κ3) is 28.8. The van der Waals surface area contributed by atoms with Gasteiger partial charge in [0, 0.05) is 135 Å². The Labute approximate surface area is 780 Å². The van der Waals surface area contributed by atoms with E-state index in [-0.39, 0.29) is 82.8 Å². The highest BCUT2D eigenvalue weighted by Crippen LogP contribution is 2.50. The Morgan fingerprint density at radius 1 is 0.508 bits per heavy atom. The van der Waals surface area contributed by atoms with Crippen LogP contribution in [0.5, 0.6) is 28.7 Å². The number of aliphatic hydroxyl groups is 1. The highest BCUT2D eigenvalue weighted by molar-refractivity contribution is 9.69. The summed E-state index contributed by atoms with van der Waals surface area (Å²) >= 11 is 71.4. The van der Waals surface area contributed by atoms with E-state index in [9.17, 15) is 35.5 Å². The summed E-state index contributed by atoms with van der Waals surface area (Å²) in [6, 6.07) is 44.7. The molecular weight excluding hydrogens is 2010 g/mol. The van der Waals surface area contributed by atoms with Gasteiger partial charge in [0.1, 0.15) is 77.9 Å². The monoisotopic (exact) mass is 2070 g/mol. The Kier molecular flexibility index (Phi) is 40.1. The number of fused-ring (bicyclic) bond motifs is 2. The normalized spacial score (nSPS) is 15.4. The lowest BCUT2D eigenvalue weighted by molar-refractivity contribution is 0.168. The largest absolute Gasteiger partial charge is 0.496 e. The molecule has 2 radical (unpaired) electrons. The molecule has 0 bridgehead atoms. The third-order valence-corrected chi connectivity index (χ3v) is 21.9. The first-order valence-electron chi connectivity index (χ1n) is 36.6. The average Bonchev–Trinajstić information content (AvgIpc) is 1.69. The Balaban J connectivity index is 0.000000184. The second-order valence-corrected chi connectivity index (χ2v) is 39.1. The van der Waals surface area contributed by atoms with Crippen LogP contribution in [-0.4, -0.2) is 108 Å². The summed E-state index contributed by atoms with van der Waals surface area (Å²) in [5.74, 6) is 0.257. The molecule has 10 aromatic rings. The van der Waals surface area contributed by atoms with Crippen LogP contribution in [0.3, 0.4) is 0 Å². The molecule has 0 aliphatic carbocycles. The number of epoxide rings is 1. The summed E-state index contributed by atoms with van der Waals surface area (Å²) < 4.78 is 136. The van der Waals surface area contributed by atoms with Gasteiger partial charge in [-0.2, -0.15) is 24.2 Å². The van der Waals surface area contributed by atoms with E-state index in [4.69, 9.17) is 183 Å². The number of halogens is 18. The van der Waals surface area contributed by atoms with E-state index in [1.54, 1.807) is 98.1 Å². The van der Waals surface area contributed by atoms with E-state index in [0.29, 0.717) is 172 Å². The van der Waals surface area contributed by atoms with Crippen LogP contribution < -0.4 is 29.4 Å². The summed E-state index contributed by atoms with van der Waals surface area (Å²) in [4.78, 5) is 0. The molecule has 2 fully saturated rings. The lowest BCUT2D eigenvalue weighted by atomic mass is 9.97. The van der Waals surface area contributed by atoms with E-state index in [1.807, 2.05) is 12.1 Å². The van der Waals surface area contributed by atoms with Gasteiger partial charge in [0.15, 0.2) is 0 Å². The standard InChI is InChI=1S/C18H16Cl2FNO4S.C17H14Cl2FNO2.C16H10Cl2FNO.C16H13Cl2FO2.C15H12Cl2FNO.C4H7BO.BBr3/c1-25-18-11(9-13(6-7-22)26-27(2,23)24)8-12(21)10-14(18)17-15(19)4-3-5-16(17)20;1-23-17-10(8-12(22)5-6-21)7-11(20)9-13(17)16-14(18)3-2-4-15(16)19;17-13-2-1-3-14(18)15(13)12-8-10(19)6-9-7-11(4-5-20)21-16(9)12;1-20-16-9(6-11-8-21-11)5-10(19)7-12(16)15-13(17)3-2-4-14(15)18;16-12-2-1-3-13(17)14(12)11-6-9(18)4-8-5-10(7-19)20-15(8)11;5-4-2-1-3-6-4;2-1(3)4/h3-5,8,10,13H,6,9H2,1-2H3;2-4,7,9,12,22H,5,8H2,1H3;1-3,6,8,11H,4,7H2;2-5,7,11H,6,8H2,1H3;1-4,6,10H,5,7,19H2;4H,1-3H2;/t13-;12-;2*11-;10-;;/m11001../s1. The van der Waals surface area contributed by atoms with Crippen LogP contribution in [0.1, 0.15) is 59.9 Å². The highest BCUT2D eigenvalue weighted by Gasteiger charge is 2.32. The van der Waals surface area contributed by atoms with Gasteiger partial charge in [-0.1, -0.05) is 146 Å². The van der Waals surface area contributed by atoms with Crippen molar-refractivity contribution < 1.29 is 72.8 Å². The molecule has 2 saturated heterocycles. The molecule has 4 aliphatic rings. The molecule has 4 aliphatic heterocycles. The van der Waals surface area contributed by atoms with E-state index in [2.05, 4.69) is 53.3 Å². The maximum Gasteiger partial charge on any atom is 0.369 e. The van der Waals surface area contributed by atoms with Crippen molar-refractivity contribution in [1.82, 2.24) is 0 Å². The van der Waals surface area contributed by atoms with Crippen LogP contribution in [0.25, 0.3) is 55.6 Å². The number of benzene rings is 10. The van der Waals surface area contributed by atoms with Crippen molar-refractivity contribution in [3.05, 3.63) is 259 Å². The van der Waals surface area contributed by atoms with Gasteiger partial charge in [-0.25, -0.2) is 22.0 Å². The number of hydrogen-bond donors (Lipinski definition) is 2. The number of nitrogens with two attached hydrogens (primary N) is 1. The van der Waals surface area contributed by atoms with Crippen molar-refractivity contribution in [2.75, 3.05) is 47.3 Å².